The maximum Gasteiger partial charge on any atom is 0.326 e. The molecule has 1 atom stereocenters. The number of aromatic nitrogens is 1. The van der Waals surface area contributed by atoms with Gasteiger partial charge in [0.05, 0.1) is 11.0 Å². The van der Waals surface area contributed by atoms with Crippen LogP contribution in [0.5, 0.6) is 11.5 Å². The minimum Gasteiger partial charge on any atom is -0.480 e. The molecular formula is C33H37N5O6. The van der Waals surface area contributed by atoms with E-state index in [1.54, 1.807) is 52.4 Å². The molecule has 1 spiro atoms. The van der Waals surface area contributed by atoms with Gasteiger partial charge in [-0.1, -0.05) is 24.3 Å². The predicted molar refractivity (Wildman–Crippen MR) is 164 cm³/mol. The van der Waals surface area contributed by atoms with Gasteiger partial charge in [0.25, 0.3) is 5.91 Å². The summed E-state index contributed by atoms with van der Waals surface area (Å²) in [5, 5.41) is 15.2. The number of pyridine rings is 1. The van der Waals surface area contributed by atoms with Crippen molar-refractivity contribution in [2.24, 2.45) is 5.41 Å². The minimum atomic E-state index is -1.14. The van der Waals surface area contributed by atoms with E-state index in [4.69, 9.17) is 4.74 Å². The number of anilines is 1. The SMILES string of the molecule is CN(C)c1ncccc1C(=O)N1CCC2(CC1)Cc1cccc(c1)Oc1ccc(cc1)C[C@@H](C(=O)O)NC(=O)CCNC2=O. The summed E-state index contributed by atoms with van der Waals surface area (Å²) in [4.78, 5) is 59.8. The highest BCUT2D eigenvalue weighted by Gasteiger charge is 2.42. The summed E-state index contributed by atoms with van der Waals surface area (Å²) in [6, 6.07) is 17.1. The van der Waals surface area contributed by atoms with E-state index in [2.05, 4.69) is 15.6 Å². The van der Waals surface area contributed by atoms with Crippen LogP contribution in [0.1, 0.15) is 40.7 Å². The zero-order valence-corrected chi connectivity index (χ0v) is 24.9. The Balaban J connectivity index is 1.40. The lowest BCUT2D eigenvalue weighted by Crippen LogP contribution is -2.52. The Kier molecular flexibility index (Phi) is 9.12. The van der Waals surface area contributed by atoms with Crippen LogP contribution in [0.15, 0.2) is 66.9 Å². The molecule has 2 aromatic carbocycles. The summed E-state index contributed by atoms with van der Waals surface area (Å²) in [5.74, 6) is -0.167. The third-order valence-electron chi connectivity index (χ3n) is 8.24. The van der Waals surface area contributed by atoms with Gasteiger partial charge in [0.1, 0.15) is 23.4 Å². The molecule has 3 aliphatic heterocycles. The molecule has 0 radical (unpaired) electrons. The molecule has 3 aromatic rings. The second-order valence-corrected chi connectivity index (χ2v) is 11.6. The van der Waals surface area contributed by atoms with Crippen molar-refractivity contribution in [2.75, 3.05) is 38.6 Å². The van der Waals surface area contributed by atoms with Gasteiger partial charge in [0, 0.05) is 52.8 Å². The van der Waals surface area contributed by atoms with Crippen LogP contribution in [0.4, 0.5) is 5.82 Å². The van der Waals surface area contributed by atoms with Crippen LogP contribution in [-0.4, -0.2) is 78.5 Å². The van der Waals surface area contributed by atoms with Crippen molar-refractivity contribution in [3.63, 3.8) is 0 Å². The topological polar surface area (TPSA) is 141 Å². The summed E-state index contributed by atoms with van der Waals surface area (Å²) in [5.41, 5.74) is 1.33. The van der Waals surface area contributed by atoms with Gasteiger partial charge in [-0.25, -0.2) is 9.78 Å². The first-order valence-corrected chi connectivity index (χ1v) is 14.7. The van der Waals surface area contributed by atoms with Gasteiger partial charge in [-0.05, 0) is 66.8 Å². The van der Waals surface area contributed by atoms with E-state index < -0.39 is 23.3 Å². The molecule has 1 fully saturated rings. The Morgan fingerprint density at radius 1 is 1.00 bits per heavy atom. The Morgan fingerprint density at radius 3 is 2.45 bits per heavy atom. The number of likely N-dealkylation sites (tertiary alicyclic amines) is 1. The summed E-state index contributed by atoms with van der Waals surface area (Å²) in [7, 11) is 3.68. The average molecular weight is 600 g/mol. The first-order valence-electron chi connectivity index (χ1n) is 14.7. The molecule has 4 heterocycles. The molecule has 3 amide bonds. The van der Waals surface area contributed by atoms with Crippen LogP contribution in [0.3, 0.4) is 0 Å². The fourth-order valence-electron chi connectivity index (χ4n) is 5.83. The van der Waals surface area contributed by atoms with E-state index in [9.17, 15) is 24.3 Å². The van der Waals surface area contributed by atoms with Gasteiger partial charge in [-0.2, -0.15) is 0 Å². The van der Waals surface area contributed by atoms with Crippen LogP contribution in [0, 0.1) is 5.41 Å². The first-order chi connectivity index (χ1) is 21.1. The highest BCUT2D eigenvalue weighted by molar-refractivity contribution is 5.99. The molecule has 4 bridgehead atoms. The number of carbonyl (C=O) groups excluding carboxylic acids is 3. The molecule has 1 aromatic heterocycles. The lowest BCUT2D eigenvalue weighted by Gasteiger charge is -2.41. The molecule has 11 heteroatoms. The molecule has 230 valence electrons. The number of carboxylic acids is 1. The van der Waals surface area contributed by atoms with E-state index in [0.29, 0.717) is 55.2 Å². The zero-order valence-electron chi connectivity index (χ0n) is 24.9. The quantitative estimate of drug-likeness (QED) is 0.417. The predicted octanol–water partition coefficient (Wildman–Crippen LogP) is 3.04. The van der Waals surface area contributed by atoms with E-state index in [-0.39, 0.29) is 31.2 Å². The van der Waals surface area contributed by atoms with Gasteiger partial charge >= 0.3 is 5.97 Å². The molecule has 0 unspecified atom stereocenters. The second kappa shape index (κ2) is 13.2. The number of amides is 3. The zero-order chi connectivity index (χ0) is 31.3. The molecule has 0 aliphatic carbocycles. The van der Waals surface area contributed by atoms with Crippen molar-refractivity contribution < 1.29 is 29.0 Å². The lowest BCUT2D eigenvalue weighted by atomic mass is 9.72. The summed E-state index contributed by atoms with van der Waals surface area (Å²) >= 11 is 0. The minimum absolute atomic E-state index is 0.0567. The first kappa shape index (κ1) is 30.5. The molecule has 11 nitrogen and oxygen atoms in total. The monoisotopic (exact) mass is 599 g/mol. The van der Waals surface area contributed by atoms with Crippen LogP contribution in [0.25, 0.3) is 0 Å². The number of nitrogens with zero attached hydrogens (tertiary/aromatic N) is 3. The smallest absolute Gasteiger partial charge is 0.326 e. The molecule has 6 rings (SSSR count). The standard InChI is InChI=1S/C33H37N5O6/c1-37(2)29-26(7-4-15-34-29)30(40)38-17-13-33(14-18-38)21-23-5-3-6-25(19-23)44-24-10-8-22(9-11-24)20-27(31(41)42)36-28(39)12-16-35-32(33)43/h3-11,15,19,27H,12-14,16-18,20-21H2,1-2H3,(H,35,43)(H,36,39)(H,41,42)/t27-/m0/s1. The largest absolute Gasteiger partial charge is 0.480 e. The maximum absolute atomic E-state index is 13.8. The van der Waals surface area contributed by atoms with Crippen LogP contribution in [0.2, 0.25) is 0 Å². The van der Waals surface area contributed by atoms with E-state index >= 15 is 0 Å². The number of aliphatic carboxylic acids is 1. The van der Waals surface area contributed by atoms with Crippen molar-refractivity contribution >= 4 is 29.5 Å². The van der Waals surface area contributed by atoms with Crippen LogP contribution >= 0.6 is 0 Å². The average Bonchev–Trinajstić information content (AvgIpc) is 3.01. The number of benzene rings is 2. The van der Waals surface area contributed by atoms with Gasteiger partial charge < -0.3 is 30.3 Å². The fourth-order valence-corrected chi connectivity index (χ4v) is 5.83. The van der Waals surface area contributed by atoms with Gasteiger partial charge in [0.2, 0.25) is 11.8 Å². The number of nitrogens with one attached hydrogen (secondary N) is 2. The number of carboxylic acid groups (broad SMARTS) is 1. The van der Waals surface area contributed by atoms with E-state index in [1.807, 2.05) is 38.4 Å². The number of carbonyl (C=O) groups is 4. The summed E-state index contributed by atoms with van der Waals surface area (Å²) in [6.45, 7) is 0.801. The Bertz CT molecular complexity index is 1530. The number of hydrogen-bond donors (Lipinski definition) is 3. The summed E-state index contributed by atoms with van der Waals surface area (Å²) < 4.78 is 6.09. The van der Waals surface area contributed by atoms with Crippen molar-refractivity contribution in [2.45, 2.75) is 38.1 Å². The third-order valence-corrected chi connectivity index (χ3v) is 8.24. The number of rotatable bonds is 3. The van der Waals surface area contributed by atoms with Gasteiger partial charge in [-0.15, -0.1) is 0 Å². The van der Waals surface area contributed by atoms with Gasteiger partial charge in [-0.3, -0.25) is 14.4 Å². The van der Waals surface area contributed by atoms with Crippen LogP contribution in [-0.2, 0) is 27.2 Å². The fraction of sp³-hybridized carbons (Fsp3) is 0.364. The van der Waals surface area contributed by atoms with Gasteiger partial charge in [0.15, 0.2) is 0 Å². The molecule has 0 saturated carbocycles. The Hall–Kier alpha value is -4.93. The number of hydrogen-bond acceptors (Lipinski definition) is 7. The Morgan fingerprint density at radius 2 is 1.75 bits per heavy atom. The molecule has 1 saturated heterocycles. The molecule has 3 aliphatic rings. The van der Waals surface area contributed by atoms with E-state index in [1.165, 1.54) is 0 Å². The molecule has 3 N–H and O–H groups in total. The highest BCUT2D eigenvalue weighted by Crippen LogP contribution is 2.37. The van der Waals surface area contributed by atoms with E-state index in [0.717, 1.165) is 11.1 Å². The third kappa shape index (κ3) is 6.99. The van der Waals surface area contributed by atoms with Crippen LogP contribution < -0.4 is 20.3 Å². The normalized spacial score (nSPS) is 18.8. The summed E-state index contributed by atoms with van der Waals surface area (Å²) in [6.07, 6.45) is 2.95. The van der Waals surface area contributed by atoms with Crippen molar-refractivity contribution in [3.05, 3.63) is 83.6 Å². The molecule has 44 heavy (non-hydrogen) atoms. The number of piperidine rings is 1. The van der Waals surface area contributed by atoms with Crippen molar-refractivity contribution in [1.82, 2.24) is 20.5 Å². The van der Waals surface area contributed by atoms with Crippen molar-refractivity contribution in [3.8, 4) is 11.5 Å². The maximum atomic E-state index is 13.8. The molecular weight excluding hydrogens is 562 g/mol. The highest BCUT2D eigenvalue weighted by atomic mass is 16.5. The second-order valence-electron chi connectivity index (χ2n) is 11.6. The number of ether oxygens (including phenoxy) is 1. The number of fused-ring (bicyclic) bond motifs is 9. The lowest BCUT2D eigenvalue weighted by molar-refractivity contribution is -0.142. The Labute approximate surface area is 256 Å². The van der Waals surface area contributed by atoms with Crippen molar-refractivity contribution in [1.29, 1.82) is 0 Å².